The Bertz CT molecular complexity index is 316. The van der Waals surface area contributed by atoms with Gasteiger partial charge in [-0.2, -0.15) is 0 Å². The van der Waals surface area contributed by atoms with E-state index in [2.05, 4.69) is 5.32 Å². The Balaban J connectivity index is 2.78. The summed E-state index contributed by atoms with van der Waals surface area (Å²) < 4.78 is 18.4. The van der Waals surface area contributed by atoms with Gasteiger partial charge in [0.1, 0.15) is 5.82 Å². The third-order valence-electron chi connectivity index (χ3n) is 2.23. The standard InChI is InChI=1S/C11H15ClFNO2/c1-16-6-5-14-10(7-15)11-8(12)3-2-4-9(11)13/h2-4,10,14-15H,5-7H2,1H3. The maximum atomic E-state index is 13.5. The predicted molar refractivity (Wildman–Crippen MR) is 61.1 cm³/mol. The van der Waals surface area contributed by atoms with Crippen molar-refractivity contribution < 1.29 is 14.2 Å². The second-order valence-corrected chi connectivity index (χ2v) is 3.72. The van der Waals surface area contributed by atoms with E-state index in [1.165, 1.54) is 12.1 Å². The van der Waals surface area contributed by atoms with Crippen LogP contribution in [0.25, 0.3) is 0 Å². The van der Waals surface area contributed by atoms with E-state index in [1.54, 1.807) is 13.2 Å². The lowest BCUT2D eigenvalue weighted by Gasteiger charge is -2.18. The van der Waals surface area contributed by atoms with Crippen molar-refractivity contribution in [1.29, 1.82) is 0 Å². The number of methoxy groups -OCH3 is 1. The highest BCUT2D eigenvalue weighted by Crippen LogP contribution is 2.25. The molecule has 0 aliphatic rings. The first kappa shape index (κ1) is 13.4. The van der Waals surface area contributed by atoms with E-state index in [0.29, 0.717) is 23.7 Å². The van der Waals surface area contributed by atoms with Gasteiger partial charge in [0.2, 0.25) is 0 Å². The molecule has 0 bridgehead atoms. The van der Waals surface area contributed by atoms with Crippen molar-refractivity contribution in [3.05, 3.63) is 34.6 Å². The van der Waals surface area contributed by atoms with E-state index in [-0.39, 0.29) is 6.61 Å². The quantitative estimate of drug-likeness (QED) is 0.753. The molecule has 1 aromatic rings. The maximum Gasteiger partial charge on any atom is 0.129 e. The topological polar surface area (TPSA) is 41.5 Å². The monoisotopic (exact) mass is 247 g/mol. The first-order valence-electron chi connectivity index (χ1n) is 4.97. The van der Waals surface area contributed by atoms with Gasteiger partial charge < -0.3 is 15.2 Å². The molecule has 0 saturated heterocycles. The Morgan fingerprint density at radius 3 is 2.88 bits per heavy atom. The van der Waals surface area contributed by atoms with Crippen molar-refractivity contribution in [2.75, 3.05) is 26.9 Å². The lowest BCUT2D eigenvalue weighted by Crippen LogP contribution is -2.28. The van der Waals surface area contributed by atoms with Crippen LogP contribution in [0.2, 0.25) is 5.02 Å². The first-order chi connectivity index (χ1) is 7.70. The highest BCUT2D eigenvalue weighted by Gasteiger charge is 2.17. The zero-order valence-electron chi connectivity index (χ0n) is 9.04. The molecule has 0 spiro atoms. The molecule has 5 heteroatoms. The van der Waals surface area contributed by atoms with Gasteiger partial charge in [-0.3, -0.25) is 0 Å². The van der Waals surface area contributed by atoms with Gasteiger partial charge in [0, 0.05) is 24.2 Å². The number of hydrogen-bond donors (Lipinski definition) is 2. The van der Waals surface area contributed by atoms with Gasteiger partial charge in [-0.25, -0.2) is 4.39 Å². The summed E-state index contributed by atoms with van der Waals surface area (Å²) in [6.07, 6.45) is 0. The van der Waals surface area contributed by atoms with Gasteiger partial charge in [-0.1, -0.05) is 17.7 Å². The molecule has 1 atom stereocenters. The summed E-state index contributed by atoms with van der Waals surface area (Å²) in [5.74, 6) is -0.420. The van der Waals surface area contributed by atoms with Crippen molar-refractivity contribution >= 4 is 11.6 Å². The average molecular weight is 248 g/mol. The second kappa shape index (κ2) is 6.81. The number of rotatable bonds is 6. The average Bonchev–Trinajstić information content (AvgIpc) is 2.26. The normalized spacial score (nSPS) is 12.8. The Labute approximate surface area is 99.2 Å². The minimum atomic E-state index is -0.510. The largest absolute Gasteiger partial charge is 0.394 e. The van der Waals surface area contributed by atoms with Crippen LogP contribution in [0.15, 0.2) is 18.2 Å². The van der Waals surface area contributed by atoms with E-state index >= 15 is 0 Å². The van der Waals surface area contributed by atoms with Crippen LogP contribution in [0.1, 0.15) is 11.6 Å². The minimum absolute atomic E-state index is 0.218. The first-order valence-corrected chi connectivity index (χ1v) is 5.35. The number of benzene rings is 1. The SMILES string of the molecule is COCCNC(CO)c1c(F)cccc1Cl. The number of aliphatic hydroxyl groups is 1. The number of ether oxygens (including phenoxy) is 1. The molecule has 0 saturated carbocycles. The number of aliphatic hydroxyl groups excluding tert-OH is 1. The molecular formula is C11H15ClFNO2. The third kappa shape index (κ3) is 3.42. The molecule has 0 aliphatic carbocycles. The molecular weight excluding hydrogens is 233 g/mol. The van der Waals surface area contributed by atoms with E-state index < -0.39 is 11.9 Å². The van der Waals surface area contributed by atoms with Crippen molar-refractivity contribution in [1.82, 2.24) is 5.32 Å². The second-order valence-electron chi connectivity index (χ2n) is 3.32. The fraction of sp³-hybridized carbons (Fsp3) is 0.455. The molecule has 0 fully saturated rings. The van der Waals surface area contributed by atoms with Gasteiger partial charge in [-0.05, 0) is 12.1 Å². The summed E-state index contributed by atoms with van der Waals surface area (Å²) in [5, 5.41) is 12.5. The van der Waals surface area contributed by atoms with Gasteiger partial charge >= 0.3 is 0 Å². The molecule has 90 valence electrons. The molecule has 0 amide bonds. The van der Waals surface area contributed by atoms with Crippen molar-refractivity contribution in [2.45, 2.75) is 6.04 Å². The van der Waals surface area contributed by atoms with E-state index in [9.17, 15) is 9.50 Å². The molecule has 0 radical (unpaired) electrons. The third-order valence-corrected chi connectivity index (χ3v) is 2.56. The van der Waals surface area contributed by atoms with Crippen LogP contribution in [-0.2, 0) is 4.74 Å². The molecule has 0 heterocycles. The summed E-state index contributed by atoms with van der Waals surface area (Å²) in [6, 6.07) is 3.94. The molecule has 2 N–H and O–H groups in total. The number of hydrogen-bond acceptors (Lipinski definition) is 3. The van der Waals surface area contributed by atoms with Gasteiger partial charge in [0.05, 0.1) is 19.3 Å². The highest BCUT2D eigenvalue weighted by atomic mass is 35.5. The molecule has 0 aliphatic heterocycles. The van der Waals surface area contributed by atoms with Gasteiger partial charge in [0.25, 0.3) is 0 Å². The van der Waals surface area contributed by atoms with Crippen LogP contribution >= 0.6 is 11.6 Å². The minimum Gasteiger partial charge on any atom is -0.394 e. The summed E-state index contributed by atoms with van der Waals surface area (Å²) in [7, 11) is 1.58. The molecule has 1 aromatic carbocycles. The Morgan fingerprint density at radius 1 is 1.56 bits per heavy atom. The summed E-state index contributed by atoms with van der Waals surface area (Å²) in [4.78, 5) is 0. The van der Waals surface area contributed by atoms with Crippen LogP contribution < -0.4 is 5.32 Å². The van der Waals surface area contributed by atoms with Crippen LogP contribution in [0.3, 0.4) is 0 Å². The van der Waals surface area contributed by atoms with Crippen LogP contribution in [-0.4, -0.2) is 32.0 Å². The Kier molecular flexibility index (Phi) is 5.69. The molecule has 1 rings (SSSR count). The molecule has 16 heavy (non-hydrogen) atoms. The van der Waals surface area contributed by atoms with Crippen molar-refractivity contribution in [3.63, 3.8) is 0 Å². The fourth-order valence-electron chi connectivity index (χ4n) is 1.44. The number of halogens is 2. The lowest BCUT2D eigenvalue weighted by atomic mass is 10.1. The summed E-state index contributed by atoms with van der Waals surface area (Å²) >= 11 is 5.89. The molecule has 0 aromatic heterocycles. The lowest BCUT2D eigenvalue weighted by molar-refractivity contribution is 0.183. The van der Waals surface area contributed by atoms with E-state index in [4.69, 9.17) is 16.3 Å². The van der Waals surface area contributed by atoms with Crippen LogP contribution in [0.4, 0.5) is 4.39 Å². The van der Waals surface area contributed by atoms with E-state index in [1.807, 2.05) is 0 Å². The summed E-state index contributed by atoms with van der Waals surface area (Å²) in [5.41, 5.74) is 0.294. The Hall–Kier alpha value is -0.680. The van der Waals surface area contributed by atoms with Gasteiger partial charge in [0.15, 0.2) is 0 Å². The Morgan fingerprint density at radius 2 is 2.31 bits per heavy atom. The maximum absolute atomic E-state index is 13.5. The van der Waals surface area contributed by atoms with Crippen LogP contribution in [0, 0.1) is 5.82 Å². The fourth-order valence-corrected chi connectivity index (χ4v) is 1.73. The molecule has 1 unspecified atom stereocenters. The smallest absolute Gasteiger partial charge is 0.129 e. The van der Waals surface area contributed by atoms with Gasteiger partial charge in [-0.15, -0.1) is 0 Å². The van der Waals surface area contributed by atoms with Crippen molar-refractivity contribution in [3.8, 4) is 0 Å². The zero-order chi connectivity index (χ0) is 12.0. The summed E-state index contributed by atoms with van der Waals surface area (Å²) in [6.45, 7) is 0.791. The number of nitrogens with one attached hydrogen (secondary N) is 1. The van der Waals surface area contributed by atoms with Crippen molar-refractivity contribution in [2.24, 2.45) is 0 Å². The van der Waals surface area contributed by atoms with Crippen LogP contribution in [0.5, 0.6) is 0 Å². The predicted octanol–water partition coefficient (Wildman–Crippen LogP) is 1.75. The highest BCUT2D eigenvalue weighted by molar-refractivity contribution is 6.31. The zero-order valence-corrected chi connectivity index (χ0v) is 9.80. The molecule has 3 nitrogen and oxygen atoms in total. The van der Waals surface area contributed by atoms with E-state index in [0.717, 1.165) is 0 Å².